The number of amides is 2. The van der Waals surface area contributed by atoms with Crippen molar-refractivity contribution in [2.45, 2.75) is 36.7 Å². The van der Waals surface area contributed by atoms with E-state index in [9.17, 15) is 26.4 Å². The highest BCUT2D eigenvalue weighted by Gasteiger charge is 2.25. The first-order valence-corrected chi connectivity index (χ1v) is 25.7. The van der Waals surface area contributed by atoms with Gasteiger partial charge < -0.3 is 4.74 Å². The number of benzene rings is 6. The Labute approximate surface area is 397 Å². The van der Waals surface area contributed by atoms with E-state index in [0.29, 0.717) is 57.4 Å². The van der Waals surface area contributed by atoms with E-state index in [1.165, 1.54) is 79.8 Å². The summed E-state index contributed by atoms with van der Waals surface area (Å²) < 4.78 is 62.3. The number of nitrogens with zero attached hydrogens (tertiary/aromatic N) is 4. The van der Waals surface area contributed by atoms with Crippen molar-refractivity contribution in [1.29, 1.82) is 0 Å². The van der Waals surface area contributed by atoms with Gasteiger partial charge in [-0.1, -0.05) is 74.5 Å². The lowest BCUT2D eigenvalue weighted by molar-refractivity contribution is 0.101. The Bertz CT molecular complexity index is 2970. The van der Waals surface area contributed by atoms with Crippen molar-refractivity contribution < 1.29 is 31.2 Å². The predicted octanol–water partition coefficient (Wildman–Crippen LogP) is 10.7. The SMILES string of the molecule is CCN(Cc1ccccc1)S(=O)(=O)c1ccc(C(=O)Nc2nc(-c3ccc(Oc4ccc(-c5csc(NC(=O)c6ccc(S(=O)(=O)N(CC)Cc7ccccc7)cc6)n5)cc4)cc3)cs2)cc1. The second-order valence-corrected chi connectivity index (χ2v) is 20.6. The fraction of sp³-hybridized carbons (Fsp3) is 0.120. The van der Waals surface area contributed by atoms with Crippen molar-refractivity contribution in [3.8, 4) is 34.0 Å². The molecule has 8 rings (SSSR count). The van der Waals surface area contributed by atoms with Crippen LogP contribution < -0.4 is 15.4 Å². The molecule has 0 fully saturated rings. The summed E-state index contributed by atoms with van der Waals surface area (Å²) in [5.74, 6) is 0.387. The average Bonchev–Trinajstić information content (AvgIpc) is 4.03. The lowest BCUT2D eigenvalue weighted by atomic mass is 10.1. The maximum absolute atomic E-state index is 13.4. The first-order chi connectivity index (χ1) is 32.4. The molecule has 0 bridgehead atoms. The summed E-state index contributed by atoms with van der Waals surface area (Å²) in [5, 5.41) is 10.1. The zero-order valence-corrected chi connectivity index (χ0v) is 39.5. The molecule has 17 heteroatoms. The first kappa shape index (κ1) is 46.7. The van der Waals surface area contributed by atoms with E-state index in [1.54, 1.807) is 13.8 Å². The van der Waals surface area contributed by atoms with E-state index in [1.807, 2.05) is 120 Å². The highest BCUT2D eigenvalue weighted by Crippen LogP contribution is 2.31. The van der Waals surface area contributed by atoms with Crippen LogP contribution in [0.2, 0.25) is 0 Å². The number of rotatable bonds is 18. The number of ether oxygens (including phenoxy) is 1. The Hall–Kier alpha value is -6.86. The minimum atomic E-state index is -3.77. The van der Waals surface area contributed by atoms with Crippen LogP contribution in [0.4, 0.5) is 10.3 Å². The molecule has 13 nitrogen and oxygen atoms in total. The molecular weight excluding hydrogens is 925 g/mol. The van der Waals surface area contributed by atoms with Crippen molar-refractivity contribution in [3.05, 3.63) is 191 Å². The third kappa shape index (κ3) is 11.2. The van der Waals surface area contributed by atoms with Crippen LogP contribution in [-0.4, -0.2) is 60.3 Å². The molecule has 2 amide bonds. The molecule has 8 aromatic rings. The molecule has 0 radical (unpaired) electrons. The molecule has 0 atom stereocenters. The highest BCUT2D eigenvalue weighted by atomic mass is 32.2. The molecule has 2 heterocycles. The summed E-state index contributed by atoms with van der Waals surface area (Å²) in [5.41, 5.74) is 5.33. The van der Waals surface area contributed by atoms with Crippen LogP contribution in [-0.2, 0) is 33.1 Å². The molecule has 340 valence electrons. The summed E-state index contributed by atoms with van der Waals surface area (Å²) in [7, 11) is -7.55. The fourth-order valence-corrected chi connectivity index (χ4v) is 11.3. The monoisotopic (exact) mass is 968 g/mol. The van der Waals surface area contributed by atoms with Gasteiger partial charge in [0.05, 0.1) is 21.2 Å². The fourth-order valence-electron chi connectivity index (χ4n) is 6.95. The van der Waals surface area contributed by atoms with Crippen LogP contribution in [0.15, 0.2) is 178 Å². The average molecular weight is 969 g/mol. The van der Waals surface area contributed by atoms with Gasteiger partial charge in [-0.05, 0) is 108 Å². The first-order valence-electron chi connectivity index (χ1n) is 21.1. The van der Waals surface area contributed by atoms with E-state index >= 15 is 0 Å². The van der Waals surface area contributed by atoms with Gasteiger partial charge in [0.2, 0.25) is 20.0 Å². The highest BCUT2D eigenvalue weighted by molar-refractivity contribution is 7.89. The zero-order chi connectivity index (χ0) is 47.0. The molecule has 0 unspecified atom stereocenters. The van der Waals surface area contributed by atoms with Gasteiger partial charge in [0.15, 0.2) is 10.3 Å². The molecule has 0 spiro atoms. The minimum absolute atomic E-state index is 0.107. The third-order valence-corrected chi connectivity index (χ3v) is 16.0. The van der Waals surface area contributed by atoms with Crippen LogP contribution >= 0.6 is 22.7 Å². The quantitative estimate of drug-likeness (QED) is 0.0850. The number of nitrogens with one attached hydrogen (secondary N) is 2. The lowest BCUT2D eigenvalue weighted by Crippen LogP contribution is -2.30. The van der Waals surface area contributed by atoms with Crippen molar-refractivity contribution in [2.24, 2.45) is 0 Å². The number of aromatic nitrogens is 2. The summed E-state index contributed by atoms with van der Waals surface area (Å²) >= 11 is 2.55. The number of hydrogen-bond donors (Lipinski definition) is 2. The summed E-state index contributed by atoms with van der Waals surface area (Å²) in [6.07, 6.45) is 0. The van der Waals surface area contributed by atoms with Crippen LogP contribution in [0.5, 0.6) is 11.5 Å². The second-order valence-electron chi connectivity index (χ2n) is 15.0. The Kier molecular flexibility index (Phi) is 14.5. The van der Waals surface area contributed by atoms with Gasteiger partial charge in [-0.15, -0.1) is 22.7 Å². The van der Waals surface area contributed by atoms with E-state index in [4.69, 9.17) is 4.74 Å². The number of hydrogen-bond acceptors (Lipinski definition) is 11. The van der Waals surface area contributed by atoms with E-state index in [2.05, 4.69) is 20.6 Å². The Morgan fingerprint density at radius 3 is 1.21 bits per heavy atom. The van der Waals surface area contributed by atoms with E-state index < -0.39 is 31.9 Å². The lowest BCUT2D eigenvalue weighted by Gasteiger charge is -2.20. The molecule has 0 saturated carbocycles. The Balaban J connectivity index is 0.822. The predicted molar refractivity (Wildman–Crippen MR) is 263 cm³/mol. The number of carbonyl (C=O) groups excluding carboxylic acids is 2. The molecule has 6 aromatic carbocycles. The van der Waals surface area contributed by atoms with Crippen molar-refractivity contribution in [2.75, 3.05) is 23.7 Å². The van der Waals surface area contributed by atoms with Gasteiger partial charge in [0, 0.05) is 59.2 Å². The molecule has 67 heavy (non-hydrogen) atoms. The molecular formula is C50H44N6O7S4. The second kappa shape index (κ2) is 20.8. The number of thiazole rings is 2. The van der Waals surface area contributed by atoms with Gasteiger partial charge in [-0.25, -0.2) is 26.8 Å². The number of anilines is 2. The maximum Gasteiger partial charge on any atom is 0.257 e. The normalized spacial score (nSPS) is 11.7. The molecule has 0 aliphatic carbocycles. The van der Waals surface area contributed by atoms with E-state index in [-0.39, 0.29) is 22.9 Å². The molecule has 2 aromatic heterocycles. The van der Waals surface area contributed by atoms with Crippen LogP contribution in [0.3, 0.4) is 0 Å². The summed E-state index contributed by atoms with van der Waals surface area (Å²) in [4.78, 5) is 35.6. The summed E-state index contributed by atoms with van der Waals surface area (Å²) in [6.45, 7) is 4.67. The topological polar surface area (TPSA) is 168 Å². The number of sulfonamides is 2. The van der Waals surface area contributed by atoms with Crippen molar-refractivity contribution in [1.82, 2.24) is 18.6 Å². The van der Waals surface area contributed by atoms with Crippen molar-refractivity contribution >= 4 is 64.8 Å². The molecule has 0 aliphatic heterocycles. The van der Waals surface area contributed by atoms with Gasteiger partial charge in [0.1, 0.15) is 11.5 Å². The van der Waals surface area contributed by atoms with Gasteiger partial charge in [-0.3, -0.25) is 20.2 Å². The summed E-state index contributed by atoms with van der Waals surface area (Å²) in [6, 6.07) is 45.3. The van der Waals surface area contributed by atoms with Crippen LogP contribution in [0.25, 0.3) is 22.5 Å². The smallest absolute Gasteiger partial charge is 0.257 e. The van der Waals surface area contributed by atoms with E-state index in [0.717, 1.165) is 22.3 Å². The van der Waals surface area contributed by atoms with Crippen molar-refractivity contribution in [3.63, 3.8) is 0 Å². The Morgan fingerprint density at radius 1 is 0.507 bits per heavy atom. The van der Waals surface area contributed by atoms with Gasteiger partial charge in [0.25, 0.3) is 11.8 Å². The standard InChI is InChI=1S/C50H44N6O7S4/c1-3-55(31-35-11-7-5-8-12-35)66(59,60)43-27-19-39(20-28-43)47(57)53-49-51-45(33-64-49)37-15-23-41(24-16-37)63-42-25-17-38(18-26-42)46-34-65-50(52-46)54-48(58)40-21-29-44(30-22-40)67(61,62)56(4-2)32-36-13-9-6-10-14-36/h5-30,33-34H,3-4,31-32H2,1-2H3,(H,51,53,57)(H,52,54,58). The molecule has 0 aliphatic rings. The molecule has 2 N–H and O–H groups in total. The van der Waals surface area contributed by atoms with Gasteiger partial charge >= 0.3 is 0 Å². The number of carbonyl (C=O) groups is 2. The van der Waals surface area contributed by atoms with Crippen LogP contribution in [0, 0.1) is 0 Å². The minimum Gasteiger partial charge on any atom is -0.457 e. The molecule has 0 saturated heterocycles. The Morgan fingerprint density at radius 2 is 0.866 bits per heavy atom. The largest absolute Gasteiger partial charge is 0.457 e. The van der Waals surface area contributed by atoms with Gasteiger partial charge in [-0.2, -0.15) is 8.61 Å². The third-order valence-electron chi connectivity index (χ3n) is 10.6. The zero-order valence-electron chi connectivity index (χ0n) is 36.3. The van der Waals surface area contributed by atoms with Crippen LogP contribution in [0.1, 0.15) is 45.7 Å². The maximum atomic E-state index is 13.4.